The summed E-state index contributed by atoms with van der Waals surface area (Å²) in [6, 6.07) is 37.3. The third-order valence-electron chi connectivity index (χ3n) is 6.54. The number of pyridine rings is 3. The molecule has 0 aliphatic rings. The van der Waals surface area contributed by atoms with Crippen molar-refractivity contribution >= 4 is 32.7 Å². The minimum Gasteiger partial charge on any atom is -0.374 e. The second-order valence-corrected chi connectivity index (χ2v) is 9.25. The Hall–Kier alpha value is -4.19. The van der Waals surface area contributed by atoms with Gasteiger partial charge in [0.1, 0.15) is 0 Å². The molecule has 5 nitrogen and oxygen atoms in total. The van der Waals surface area contributed by atoms with E-state index in [1.807, 2.05) is 48.5 Å². The van der Waals surface area contributed by atoms with Crippen molar-refractivity contribution in [2.45, 2.75) is 19.7 Å². The van der Waals surface area contributed by atoms with Crippen LogP contribution < -0.4 is 0 Å². The SMILES string of the molecule is c1ccc2nc(COCCN(Cc3ccc4ccccc4n3)Cc3ccc4ccccc4n3)ccc2c1. The highest BCUT2D eigenvalue weighted by molar-refractivity contribution is 5.79. The van der Waals surface area contributed by atoms with Crippen molar-refractivity contribution < 1.29 is 4.74 Å². The summed E-state index contributed by atoms with van der Waals surface area (Å²) in [5, 5.41) is 3.45. The van der Waals surface area contributed by atoms with Crippen molar-refractivity contribution in [1.82, 2.24) is 19.9 Å². The average Bonchev–Trinajstić information content (AvgIpc) is 2.95. The van der Waals surface area contributed by atoms with E-state index in [4.69, 9.17) is 19.7 Å². The lowest BCUT2D eigenvalue weighted by Gasteiger charge is -2.22. The summed E-state index contributed by atoms with van der Waals surface area (Å²) in [6.07, 6.45) is 0. The van der Waals surface area contributed by atoms with Crippen LogP contribution >= 0.6 is 0 Å². The number of hydrogen-bond donors (Lipinski definition) is 0. The lowest BCUT2D eigenvalue weighted by molar-refractivity contribution is 0.0854. The Bertz CT molecular complexity index is 1580. The highest BCUT2D eigenvalue weighted by atomic mass is 16.5. The van der Waals surface area contributed by atoms with Gasteiger partial charge in [0.25, 0.3) is 0 Å². The number of rotatable bonds is 9. The maximum Gasteiger partial charge on any atom is 0.0888 e. The molecule has 0 spiro atoms. The van der Waals surface area contributed by atoms with Crippen LogP contribution in [0.1, 0.15) is 17.1 Å². The zero-order chi connectivity index (χ0) is 24.9. The maximum atomic E-state index is 6.07. The number of aromatic nitrogens is 3. The molecule has 0 atom stereocenters. The molecule has 182 valence electrons. The fourth-order valence-corrected chi connectivity index (χ4v) is 4.62. The second-order valence-electron chi connectivity index (χ2n) is 9.25. The van der Waals surface area contributed by atoms with Crippen LogP contribution in [0.2, 0.25) is 0 Å². The Morgan fingerprint density at radius 2 is 0.919 bits per heavy atom. The smallest absolute Gasteiger partial charge is 0.0888 e. The van der Waals surface area contributed by atoms with Gasteiger partial charge in [-0.05, 0) is 36.4 Å². The highest BCUT2D eigenvalue weighted by Gasteiger charge is 2.11. The predicted molar refractivity (Wildman–Crippen MR) is 149 cm³/mol. The number of hydrogen-bond acceptors (Lipinski definition) is 5. The van der Waals surface area contributed by atoms with Crippen molar-refractivity contribution in [2.75, 3.05) is 13.2 Å². The van der Waals surface area contributed by atoms with Crippen LogP contribution in [0.4, 0.5) is 0 Å². The van der Waals surface area contributed by atoms with Gasteiger partial charge in [-0.3, -0.25) is 19.9 Å². The molecule has 3 aromatic carbocycles. The molecular formula is C32H28N4O. The van der Waals surface area contributed by atoms with Crippen molar-refractivity contribution in [3.63, 3.8) is 0 Å². The van der Waals surface area contributed by atoms with Crippen LogP contribution in [0, 0.1) is 0 Å². The number of ether oxygens (including phenoxy) is 1. The Balaban J connectivity index is 1.16. The van der Waals surface area contributed by atoms with E-state index in [9.17, 15) is 0 Å². The Labute approximate surface area is 216 Å². The fraction of sp³-hybridized carbons (Fsp3) is 0.156. The van der Waals surface area contributed by atoms with Gasteiger partial charge in [0.15, 0.2) is 0 Å². The van der Waals surface area contributed by atoms with Gasteiger partial charge in [-0.1, -0.05) is 72.8 Å². The molecule has 3 aromatic heterocycles. The number of fused-ring (bicyclic) bond motifs is 3. The summed E-state index contributed by atoms with van der Waals surface area (Å²) in [7, 11) is 0. The first-order valence-corrected chi connectivity index (χ1v) is 12.6. The van der Waals surface area contributed by atoms with Gasteiger partial charge in [-0.15, -0.1) is 0 Å². The topological polar surface area (TPSA) is 51.1 Å². The van der Waals surface area contributed by atoms with Gasteiger partial charge in [0.05, 0.1) is 46.8 Å². The molecule has 3 heterocycles. The predicted octanol–water partition coefficient (Wildman–Crippen LogP) is 6.55. The monoisotopic (exact) mass is 484 g/mol. The Morgan fingerprint density at radius 1 is 0.486 bits per heavy atom. The molecule has 0 saturated carbocycles. The highest BCUT2D eigenvalue weighted by Crippen LogP contribution is 2.17. The van der Waals surface area contributed by atoms with E-state index in [1.54, 1.807) is 0 Å². The van der Waals surface area contributed by atoms with Crippen molar-refractivity contribution in [3.8, 4) is 0 Å². The van der Waals surface area contributed by atoms with Gasteiger partial charge in [0, 0.05) is 35.8 Å². The van der Waals surface area contributed by atoms with Gasteiger partial charge >= 0.3 is 0 Å². The largest absolute Gasteiger partial charge is 0.374 e. The van der Waals surface area contributed by atoms with Crippen LogP contribution in [0.15, 0.2) is 109 Å². The molecule has 0 fully saturated rings. The van der Waals surface area contributed by atoms with Crippen molar-refractivity contribution in [3.05, 3.63) is 126 Å². The molecule has 5 heteroatoms. The third kappa shape index (κ3) is 5.64. The molecule has 6 aromatic rings. The summed E-state index contributed by atoms with van der Waals surface area (Å²) in [6.45, 7) is 3.28. The zero-order valence-corrected chi connectivity index (χ0v) is 20.6. The molecule has 0 aliphatic carbocycles. The number of nitrogens with zero attached hydrogens (tertiary/aromatic N) is 4. The van der Waals surface area contributed by atoms with Crippen LogP contribution in [0.25, 0.3) is 32.7 Å². The maximum absolute atomic E-state index is 6.07. The first-order chi connectivity index (χ1) is 18.3. The van der Waals surface area contributed by atoms with Crippen LogP contribution in [-0.4, -0.2) is 33.0 Å². The number of benzene rings is 3. The van der Waals surface area contributed by atoms with Crippen LogP contribution in [-0.2, 0) is 24.4 Å². The Morgan fingerprint density at radius 3 is 1.43 bits per heavy atom. The van der Waals surface area contributed by atoms with Gasteiger partial charge < -0.3 is 4.74 Å². The van der Waals surface area contributed by atoms with E-state index in [2.05, 4.69) is 65.6 Å². The van der Waals surface area contributed by atoms with Crippen LogP contribution in [0.5, 0.6) is 0 Å². The molecule has 0 unspecified atom stereocenters. The molecule has 0 bridgehead atoms. The first-order valence-electron chi connectivity index (χ1n) is 12.6. The molecule has 0 N–H and O–H groups in total. The van der Waals surface area contributed by atoms with E-state index in [0.717, 1.165) is 69.4 Å². The van der Waals surface area contributed by atoms with Crippen molar-refractivity contribution in [1.29, 1.82) is 0 Å². The molecule has 0 aliphatic heterocycles. The van der Waals surface area contributed by atoms with E-state index in [-0.39, 0.29) is 0 Å². The van der Waals surface area contributed by atoms with Crippen LogP contribution in [0.3, 0.4) is 0 Å². The fourth-order valence-electron chi connectivity index (χ4n) is 4.62. The summed E-state index contributed by atoms with van der Waals surface area (Å²) in [4.78, 5) is 16.9. The lowest BCUT2D eigenvalue weighted by Crippen LogP contribution is -2.27. The molecular weight excluding hydrogens is 456 g/mol. The summed E-state index contributed by atoms with van der Waals surface area (Å²) in [5.74, 6) is 0. The standard InChI is InChI=1S/C32H28N4O/c1-4-10-30-24(7-1)13-16-27(33-30)21-36(22-28-17-14-25-8-2-5-11-31(25)34-28)19-20-37-23-29-18-15-26-9-3-6-12-32(26)35-29/h1-18H,19-23H2. The molecule has 0 radical (unpaired) electrons. The summed E-state index contributed by atoms with van der Waals surface area (Å²) in [5.41, 5.74) is 6.05. The van der Waals surface area contributed by atoms with E-state index in [1.165, 1.54) is 0 Å². The zero-order valence-electron chi connectivity index (χ0n) is 20.6. The summed E-state index contributed by atoms with van der Waals surface area (Å²) >= 11 is 0. The van der Waals surface area contributed by atoms with Crippen molar-refractivity contribution in [2.24, 2.45) is 0 Å². The minimum absolute atomic E-state index is 0.487. The van der Waals surface area contributed by atoms with Gasteiger partial charge in [-0.25, -0.2) is 0 Å². The van der Waals surface area contributed by atoms with Gasteiger partial charge in [0.2, 0.25) is 0 Å². The van der Waals surface area contributed by atoms with E-state index >= 15 is 0 Å². The third-order valence-corrected chi connectivity index (χ3v) is 6.54. The second kappa shape index (κ2) is 10.8. The lowest BCUT2D eigenvalue weighted by atomic mass is 10.2. The van der Waals surface area contributed by atoms with E-state index in [0.29, 0.717) is 13.2 Å². The molecule has 0 amide bonds. The number of para-hydroxylation sites is 3. The van der Waals surface area contributed by atoms with Gasteiger partial charge in [-0.2, -0.15) is 0 Å². The first kappa shape index (κ1) is 23.2. The quantitative estimate of drug-likeness (QED) is 0.218. The Kier molecular flexibility index (Phi) is 6.80. The molecule has 6 rings (SSSR count). The molecule has 0 saturated heterocycles. The molecule has 37 heavy (non-hydrogen) atoms. The minimum atomic E-state index is 0.487. The van der Waals surface area contributed by atoms with E-state index < -0.39 is 0 Å². The summed E-state index contributed by atoms with van der Waals surface area (Å²) < 4.78 is 6.07. The average molecular weight is 485 g/mol. The normalized spacial score (nSPS) is 11.6.